The molecule has 1 atom stereocenters. The minimum Gasteiger partial charge on any atom is -0.469 e. The maximum atomic E-state index is 13.2. The topological polar surface area (TPSA) is 116 Å². The monoisotopic (exact) mass is 526 g/mol. The molecule has 1 aliphatic carbocycles. The third-order valence-corrected chi connectivity index (χ3v) is 8.23. The molecule has 10 heteroatoms. The van der Waals surface area contributed by atoms with Gasteiger partial charge in [0.25, 0.3) is 0 Å². The number of nitrogens with one attached hydrogen (secondary N) is 1. The van der Waals surface area contributed by atoms with Crippen molar-refractivity contribution in [1.29, 1.82) is 0 Å². The summed E-state index contributed by atoms with van der Waals surface area (Å²) in [6.07, 6.45) is 10.3. The highest BCUT2D eigenvalue weighted by atomic mass is 32.2. The van der Waals surface area contributed by atoms with E-state index in [2.05, 4.69) is 15.6 Å². The summed E-state index contributed by atoms with van der Waals surface area (Å²) in [6.45, 7) is 2.68. The second-order valence-electron chi connectivity index (χ2n) is 9.46. The molecule has 1 amide bonds. The summed E-state index contributed by atoms with van der Waals surface area (Å²) in [5, 5.41) is 10.9. The highest BCUT2D eigenvalue weighted by Crippen LogP contribution is 2.29. The van der Waals surface area contributed by atoms with E-state index in [0.717, 1.165) is 24.2 Å². The molecular formula is C27H34N4O5S. The fourth-order valence-electron chi connectivity index (χ4n) is 4.58. The molecule has 0 aliphatic heterocycles. The Balaban J connectivity index is 1.48. The minimum atomic E-state index is -0.656. The number of nitrogens with zero attached hydrogens (tertiary/aromatic N) is 3. The molecule has 9 nitrogen and oxygen atoms in total. The number of aromatic nitrogens is 3. The summed E-state index contributed by atoms with van der Waals surface area (Å²) in [6, 6.07) is 7.00. The molecule has 2 heterocycles. The van der Waals surface area contributed by atoms with Crippen LogP contribution in [0.15, 0.2) is 39.7 Å². The van der Waals surface area contributed by atoms with Crippen LogP contribution < -0.4 is 10.9 Å². The van der Waals surface area contributed by atoms with Crippen LogP contribution in [0, 0.1) is 5.92 Å². The van der Waals surface area contributed by atoms with Crippen molar-refractivity contribution in [1.82, 2.24) is 15.0 Å². The number of hydrogen-bond acceptors (Lipinski definition) is 8. The van der Waals surface area contributed by atoms with E-state index in [0.29, 0.717) is 29.1 Å². The van der Waals surface area contributed by atoms with Crippen LogP contribution in [-0.2, 0) is 20.9 Å². The van der Waals surface area contributed by atoms with Crippen molar-refractivity contribution in [3.63, 3.8) is 0 Å². The Morgan fingerprint density at radius 1 is 1.19 bits per heavy atom. The molecule has 1 unspecified atom stereocenters. The first-order chi connectivity index (χ1) is 18.0. The molecule has 0 radical (unpaired) electrons. The Kier molecular flexibility index (Phi) is 9.38. The lowest BCUT2D eigenvalue weighted by Crippen LogP contribution is -2.30. The van der Waals surface area contributed by atoms with Crippen LogP contribution >= 0.6 is 11.8 Å². The van der Waals surface area contributed by atoms with Gasteiger partial charge in [0, 0.05) is 17.5 Å². The van der Waals surface area contributed by atoms with Gasteiger partial charge in [-0.1, -0.05) is 49.5 Å². The number of carbonyl (C=O) groups excluding carboxylic acids is 2. The lowest BCUT2D eigenvalue weighted by atomic mass is 9.93. The molecule has 4 rings (SSSR count). The first-order valence-corrected chi connectivity index (χ1v) is 14.0. The molecule has 1 aliphatic rings. The Bertz CT molecular complexity index is 1280. The van der Waals surface area contributed by atoms with Crippen LogP contribution in [0.1, 0.15) is 58.3 Å². The maximum absolute atomic E-state index is 13.2. The van der Waals surface area contributed by atoms with Gasteiger partial charge < -0.3 is 14.5 Å². The number of thioether (sulfide) groups is 1. The summed E-state index contributed by atoms with van der Waals surface area (Å²) >= 11 is 1.47. The first kappa shape index (κ1) is 26.9. The van der Waals surface area contributed by atoms with Gasteiger partial charge in [0.2, 0.25) is 5.91 Å². The first-order valence-electron chi connectivity index (χ1n) is 12.9. The number of esters is 1. The van der Waals surface area contributed by atoms with Gasteiger partial charge in [0.1, 0.15) is 17.0 Å². The van der Waals surface area contributed by atoms with Crippen LogP contribution in [0.25, 0.3) is 22.2 Å². The zero-order valence-corrected chi connectivity index (χ0v) is 22.2. The van der Waals surface area contributed by atoms with Gasteiger partial charge in [-0.3, -0.25) is 14.3 Å². The van der Waals surface area contributed by atoms with Gasteiger partial charge >= 0.3 is 11.6 Å². The molecule has 0 spiro atoms. The van der Waals surface area contributed by atoms with E-state index in [1.54, 1.807) is 16.8 Å². The second-order valence-corrected chi connectivity index (χ2v) is 10.7. The number of ether oxygens (including phenoxy) is 1. The number of carbonyl (C=O) groups is 2. The van der Waals surface area contributed by atoms with Crippen molar-refractivity contribution in [2.45, 2.75) is 70.1 Å². The van der Waals surface area contributed by atoms with Crippen molar-refractivity contribution in [2.24, 2.45) is 5.92 Å². The van der Waals surface area contributed by atoms with Crippen molar-refractivity contribution < 1.29 is 18.7 Å². The lowest BCUT2D eigenvalue weighted by molar-refractivity contribution is -0.141. The Morgan fingerprint density at radius 3 is 2.65 bits per heavy atom. The van der Waals surface area contributed by atoms with Gasteiger partial charge in [-0.25, -0.2) is 4.79 Å². The average molecular weight is 527 g/mol. The zero-order chi connectivity index (χ0) is 26.2. The van der Waals surface area contributed by atoms with Crippen LogP contribution in [0.5, 0.6) is 0 Å². The van der Waals surface area contributed by atoms with E-state index >= 15 is 0 Å². The number of aryl methyl sites for hydroxylation is 1. The van der Waals surface area contributed by atoms with Crippen LogP contribution in [0.3, 0.4) is 0 Å². The molecular weight excluding hydrogens is 492 g/mol. The maximum Gasteiger partial charge on any atom is 0.360 e. The molecule has 3 aromatic rings. The number of fused-ring (bicyclic) bond motifs is 1. The summed E-state index contributed by atoms with van der Waals surface area (Å²) in [7, 11) is 1.31. The highest BCUT2D eigenvalue weighted by Gasteiger charge is 2.26. The summed E-state index contributed by atoms with van der Waals surface area (Å²) < 4.78 is 12.1. The smallest absolute Gasteiger partial charge is 0.360 e. The standard InChI is InChI=1S/C27H34N4O5S/c1-3-31-16-22(29-30-31)19-11-12-20-13-21(27(34)36-23(20)14-19)28-26(33)24(15-25(32)35-2)37-17-18-9-7-5-4-6-8-10-18/h11-14,16,18,24H,3-10,15,17H2,1-2H3,(H,28,33). The normalized spacial score (nSPS) is 15.6. The number of benzene rings is 1. The van der Waals surface area contributed by atoms with Crippen LogP contribution in [0.4, 0.5) is 5.69 Å². The highest BCUT2D eigenvalue weighted by molar-refractivity contribution is 8.00. The Labute approximate surface area is 220 Å². The number of anilines is 1. The van der Waals surface area contributed by atoms with Gasteiger partial charge in [-0.15, -0.1) is 16.9 Å². The van der Waals surface area contributed by atoms with Gasteiger partial charge in [-0.05, 0) is 43.6 Å². The fraction of sp³-hybridized carbons (Fsp3) is 0.519. The molecule has 2 aromatic heterocycles. The Hall–Kier alpha value is -3.14. The van der Waals surface area contributed by atoms with Gasteiger partial charge in [0.05, 0.1) is 25.0 Å². The molecule has 1 saturated carbocycles. The van der Waals surface area contributed by atoms with E-state index in [-0.39, 0.29) is 12.1 Å². The predicted molar refractivity (Wildman–Crippen MR) is 144 cm³/mol. The molecule has 1 N–H and O–H groups in total. The van der Waals surface area contributed by atoms with Crippen molar-refractivity contribution in [3.8, 4) is 11.3 Å². The number of rotatable bonds is 9. The number of methoxy groups -OCH3 is 1. The van der Waals surface area contributed by atoms with Crippen LogP contribution in [-0.4, -0.2) is 45.0 Å². The number of hydrogen-bond donors (Lipinski definition) is 1. The summed E-state index contributed by atoms with van der Waals surface area (Å²) in [4.78, 5) is 37.9. The van der Waals surface area contributed by atoms with Crippen LogP contribution in [0.2, 0.25) is 0 Å². The summed E-state index contributed by atoms with van der Waals surface area (Å²) in [5.41, 5.74) is 1.23. The molecule has 37 heavy (non-hydrogen) atoms. The fourth-order valence-corrected chi connectivity index (χ4v) is 5.88. The molecule has 198 valence electrons. The number of amides is 1. The van der Waals surface area contributed by atoms with E-state index in [4.69, 9.17) is 9.15 Å². The van der Waals surface area contributed by atoms with Gasteiger partial charge in [-0.2, -0.15) is 0 Å². The third-order valence-electron chi connectivity index (χ3n) is 6.78. The van der Waals surface area contributed by atoms with Crippen molar-refractivity contribution >= 4 is 40.3 Å². The molecule has 1 aromatic carbocycles. The molecule has 1 fully saturated rings. The Morgan fingerprint density at radius 2 is 1.95 bits per heavy atom. The van der Waals surface area contributed by atoms with E-state index < -0.39 is 22.8 Å². The van der Waals surface area contributed by atoms with Crippen molar-refractivity contribution in [3.05, 3.63) is 40.9 Å². The lowest BCUT2D eigenvalue weighted by Gasteiger charge is -2.22. The largest absolute Gasteiger partial charge is 0.469 e. The zero-order valence-electron chi connectivity index (χ0n) is 21.4. The van der Waals surface area contributed by atoms with Crippen molar-refractivity contribution in [2.75, 3.05) is 18.2 Å². The predicted octanol–water partition coefficient (Wildman–Crippen LogP) is 5.04. The third kappa shape index (κ3) is 7.21. The van der Waals surface area contributed by atoms with Gasteiger partial charge in [0.15, 0.2) is 0 Å². The van der Waals surface area contributed by atoms with E-state index in [1.807, 2.05) is 25.3 Å². The molecule has 0 saturated heterocycles. The molecule has 0 bridgehead atoms. The average Bonchev–Trinajstić information content (AvgIpc) is 3.36. The quantitative estimate of drug-likeness (QED) is 0.305. The van der Waals surface area contributed by atoms with E-state index in [9.17, 15) is 14.4 Å². The minimum absolute atomic E-state index is 0.0450. The van der Waals surface area contributed by atoms with E-state index in [1.165, 1.54) is 51.0 Å². The SMILES string of the molecule is CCn1cc(-c2ccc3cc(NC(=O)C(CC(=O)OC)SCC4CCCCCCC4)c(=O)oc3c2)nn1. The second kappa shape index (κ2) is 12.9. The summed E-state index contributed by atoms with van der Waals surface area (Å²) in [5.74, 6) is 0.466.